The number of nitrogens with zero attached hydrogens (tertiary/aromatic N) is 1. The molecule has 0 saturated heterocycles. The highest BCUT2D eigenvalue weighted by molar-refractivity contribution is 7.99. The van der Waals surface area contributed by atoms with Crippen LogP contribution in [-0.4, -0.2) is 22.5 Å². The van der Waals surface area contributed by atoms with Gasteiger partial charge in [0.25, 0.3) is 0 Å². The van der Waals surface area contributed by atoms with E-state index in [4.69, 9.17) is 0 Å². The molecule has 1 saturated carbocycles. The Morgan fingerprint density at radius 3 is 3.00 bits per heavy atom. The average Bonchev–Trinajstić information content (AvgIpc) is 2.83. The Balaban J connectivity index is 1.92. The van der Waals surface area contributed by atoms with Gasteiger partial charge in [-0.25, -0.2) is 4.98 Å². The molecule has 0 spiro atoms. The van der Waals surface area contributed by atoms with E-state index in [2.05, 4.69) is 28.9 Å². The summed E-state index contributed by atoms with van der Waals surface area (Å²) in [5.41, 5.74) is 0. The first kappa shape index (κ1) is 12.4. The van der Waals surface area contributed by atoms with Gasteiger partial charge in [0.05, 0.1) is 6.04 Å². The molecule has 1 aromatic rings. The van der Waals surface area contributed by atoms with Crippen molar-refractivity contribution in [2.24, 2.45) is 0 Å². The molecule has 90 valence electrons. The quantitative estimate of drug-likeness (QED) is 0.893. The number of nitrogens with one attached hydrogen (secondary N) is 1. The first-order valence-electron chi connectivity index (χ1n) is 5.99. The highest BCUT2D eigenvalue weighted by Gasteiger charge is 2.25. The average molecular weight is 256 g/mol. The van der Waals surface area contributed by atoms with Crippen LogP contribution in [0.3, 0.4) is 0 Å². The predicted octanol–water partition coefficient (Wildman–Crippen LogP) is 3.47. The molecule has 0 amide bonds. The van der Waals surface area contributed by atoms with E-state index in [0.29, 0.717) is 12.1 Å². The fourth-order valence-electron chi connectivity index (χ4n) is 2.41. The van der Waals surface area contributed by atoms with Crippen LogP contribution in [0.15, 0.2) is 11.6 Å². The Bertz CT molecular complexity index is 300. The van der Waals surface area contributed by atoms with Gasteiger partial charge in [-0.05, 0) is 26.0 Å². The van der Waals surface area contributed by atoms with Crippen molar-refractivity contribution in [3.63, 3.8) is 0 Å². The Labute approximate surface area is 106 Å². The molecule has 1 aliphatic carbocycles. The van der Waals surface area contributed by atoms with Crippen LogP contribution >= 0.6 is 23.1 Å². The molecule has 1 aromatic heterocycles. The third-order valence-electron chi connectivity index (χ3n) is 3.29. The number of thiazole rings is 1. The molecular weight excluding hydrogens is 236 g/mol. The summed E-state index contributed by atoms with van der Waals surface area (Å²) in [5, 5.41) is 7.81. The van der Waals surface area contributed by atoms with Crippen LogP contribution in [0.5, 0.6) is 0 Å². The second-order valence-corrected chi connectivity index (χ2v) is 6.43. The molecule has 1 aliphatic rings. The fraction of sp³-hybridized carbons (Fsp3) is 0.750. The van der Waals surface area contributed by atoms with Crippen molar-refractivity contribution in [1.82, 2.24) is 10.3 Å². The summed E-state index contributed by atoms with van der Waals surface area (Å²) in [5.74, 6) is 0. The Morgan fingerprint density at radius 1 is 1.50 bits per heavy atom. The third kappa shape index (κ3) is 2.99. The number of rotatable bonds is 4. The summed E-state index contributed by atoms with van der Waals surface area (Å²) in [7, 11) is 0. The van der Waals surface area contributed by atoms with Crippen molar-refractivity contribution in [3.8, 4) is 0 Å². The summed E-state index contributed by atoms with van der Waals surface area (Å²) in [6, 6.07) is 1.07. The minimum absolute atomic E-state index is 0.401. The molecular formula is C12H20N2S2. The number of aromatic nitrogens is 1. The van der Waals surface area contributed by atoms with Crippen LogP contribution in [0.4, 0.5) is 0 Å². The summed E-state index contributed by atoms with van der Waals surface area (Å²) in [6.07, 6.45) is 9.59. The largest absolute Gasteiger partial charge is 0.304 e. The van der Waals surface area contributed by atoms with E-state index in [1.165, 1.54) is 30.7 Å². The maximum Gasteiger partial charge on any atom is 0.109 e. The van der Waals surface area contributed by atoms with Gasteiger partial charge in [-0.15, -0.1) is 11.3 Å². The smallest absolute Gasteiger partial charge is 0.109 e. The Kier molecular flexibility index (Phi) is 4.67. The van der Waals surface area contributed by atoms with Gasteiger partial charge in [0.15, 0.2) is 0 Å². The second kappa shape index (κ2) is 6.03. The van der Waals surface area contributed by atoms with Gasteiger partial charge < -0.3 is 5.32 Å². The number of hydrogen-bond donors (Lipinski definition) is 1. The molecule has 0 aromatic carbocycles. The van der Waals surface area contributed by atoms with Crippen molar-refractivity contribution >= 4 is 23.1 Å². The van der Waals surface area contributed by atoms with E-state index in [9.17, 15) is 0 Å². The third-order valence-corrected chi connectivity index (χ3v) is 5.42. The zero-order valence-electron chi connectivity index (χ0n) is 9.98. The van der Waals surface area contributed by atoms with Crippen LogP contribution in [0.25, 0.3) is 0 Å². The van der Waals surface area contributed by atoms with E-state index >= 15 is 0 Å². The lowest BCUT2D eigenvalue weighted by Crippen LogP contribution is -2.41. The van der Waals surface area contributed by atoms with Crippen LogP contribution in [0, 0.1) is 0 Å². The summed E-state index contributed by atoms with van der Waals surface area (Å²) >= 11 is 3.76. The maximum absolute atomic E-state index is 4.38. The van der Waals surface area contributed by atoms with E-state index < -0.39 is 0 Å². The van der Waals surface area contributed by atoms with Crippen LogP contribution in [0.2, 0.25) is 0 Å². The second-order valence-electron chi connectivity index (χ2n) is 4.42. The van der Waals surface area contributed by atoms with Gasteiger partial charge in [-0.2, -0.15) is 11.8 Å². The SMILES string of the molecule is CSC1CCCCC1NC(C)c1nccs1. The van der Waals surface area contributed by atoms with Crippen molar-refractivity contribution in [3.05, 3.63) is 16.6 Å². The zero-order chi connectivity index (χ0) is 11.4. The molecule has 3 atom stereocenters. The lowest BCUT2D eigenvalue weighted by Gasteiger charge is -2.32. The van der Waals surface area contributed by atoms with Gasteiger partial charge in [0, 0.05) is 22.9 Å². The number of thioether (sulfide) groups is 1. The van der Waals surface area contributed by atoms with E-state index in [1.807, 2.05) is 18.0 Å². The molecule has 4 heteroatoms. The summed E-state index contributed by atoms with van der Waals surface area (Å²) in [4.78, 5) is 4.38. The molecule has 0 bridgehead atoms. The first-order valence-corrected chi connectivity index (χ1v) is 8.16. The Hall–Kier alpha value is -0.0600. The fourth-order valence-corrected chi connectivity index (χ4v) is 4.01. The van der Waals surface area contributed by atoms with Crippen LogP contribution in [0.1, 0.15) is 43.7 Å². The monoisotopic (exact) mass is 256 g/mol. The molecule has 3 unspecified atom stereocenters. The highest BCUT2D eigenvalue weighted by atomic mass is 32.2. The first-order chi connectivity index (χ1) is 7.81. The van der Waals surface area contributed by atoms with Crippen molar-refractivity contribution in [1.29, 1.82) is 0 Å². The lowest BCUT2D eigenvalue weighted by molar-refractivity contribution is 0.356. The lowest BCUT2D eigenvalue weighted by atomic mass is 9.94. The molecule has 16 heavy (non-hydrogen) atoms. The highest BCUT2D eigenvalue weighted by Crippen LogP contribution is 2.29. The maximum atomic E-state index is 4.38. The minimum atomic E-state index is 0.401. The zero-order valence-corrected chi connectivity index (χ0v) is 11.6. The standard InChI is InChI=1S/C12H20N2S2/c1-9(12-13-7-8-16-12)14-10-5-3-4-6-11(10)15-2/h7-11,14H,3-6H2,1-2H3. The molecule has 0 radical (unpaired) electrons. The Morgan fingerprint density at radius 2 is 2.31 bits per heavy atom. The van der Waals surface area contributed by atoms with E-state index in [0.717, 1.165) is 5.25 Å². The molecule has 1 fully saturated rings. The molecule has 1 N–H and O–H groups in total. The van der Waals surface area contributed by atoms with Crippen molar-refractivity contribution < 1.29 is 0 Å². The van der Waals surface area contributed by atoms with Crippen molar-refractivity contribution in [2.75, 3.05) is 6.26 Å². The molecule has 2 rings (SSSR count). The topological polar surface area (TPSA) is 24.9 Å². The van der Waals surface area contributed by atoms with E-state index in [-0.39, 0.29) is 0 Å². The predicted molar refractivity (Wildman–Crippen MR) is 73.2 cm³/mol. The minimum Gasteiger partial charge on any atom is -0.304 e. The van der Waals surface area contributed by atoms with Gasteiger partial charge >= 0.3 is 0 Å². The molecule has 1 heterocycles. The summed E-state index contributed by atoms with van der Waals surface area (Å²) < 4.78 is 0. The summed E-state index contributed by atoms with van der Waals surface area (Å²) in [6.45, 7) is 2.23. The van der Waals surface area contributed by atoms with Gasteiger partial charge in [0.2, 0.25) is 0 Å². The molecule has 0 aliphatic heterocycles. The van der Waals surface area contributed by atoms with Gasteiger partial charge in [-0.1, -0.05) is 12.8 Å². The van der Waals surface area contributed by atoms with Gasteiger partial charge in [-0.3, -0.25) is 0 Å². The molecule has 2 nitrogen and oxygen atoms in total. The number of hydrogen-bond acceptors (Lipinski definition) is 4. The van der Waals surface area contributed by atoms with E-state index in [1.54, 1.807) is 11.3 Å². The van der Waals surface area contributed by atoms with Gasteiger partial charge in [0.1, 0.15) is 5.01 Å². The normalized spacial score (nSPS) is 27.9. The van der Waals surface area contributed by atoms with Crippen molar-refractivity contribution in [2.45, 2.75) is 49.9 Å². The van der Waals surface area contributed by atoms with Crippen LogP contribution < -0.4 is 5.32 Å². The van der Waals surface area contributed by atoms with Crippen LogP contribution in [-0.2, 0) is 0 Å².